The minimum absolute atomic E-state index is 0.124. The summed E-state index contributed by atoms with van der Waals surface area (Å²) in [4.78, 5) is 29.4. The molecule has 28 heavy (non-hydrogen) atoms. The van der Waals surface area contributed by atoms with E-state index in [2.05, 4.69) is 43.0 Å². The van der Waals surface area contributed by atoms with Crippen molar-refractivity contribution in [2.45, 2.75) is 52.5 Å². The van der Waals surface area contributed by atoms with Crippen molar-refractivity contribution in [2.75, 3.05) is 18.0 Å². The van der Waals surface area contributed by atoms with Gasteiger partial charge < -0.3 is 4.90 Å². The van der Waals surface area contributed by atoms with Gasteiger partial charge in [-0.3, -0.25) is 14.5 Å². The molecule has 1 aliphatic heterocycles. The van der Waals surface area contributed by atoms with Crippen LogP contribution in [0, 0.1) is 0 Å². The van der Waals surface area contributed by atoms with Gasteiger partial charge in [0.15, 0.2) is 0 Å². The van der Waals surface area contributed by atoms with E-state index >= 15 is 0 Å². The number of benzene rings is 2. The van der Waals surface area contributed by atoms with Gasteiger partial charge >= 0.3 is 0 Å². The van der Waals surface area contributed by atoms with Gasteiger partial charge in [0.25, 0.3) is 11.8 Å². The van der Waals surface area contributed by atoms with Gasteiger partial charge in [0.1, 0.15) is 0 Å². The number of amides is 2. The first-order chi connectivity index (χ1) is 13.6. The molecule has 0 radical (unpaired) electrons. The Labute approximate surface area is 168 Å². The lowest BCUT2D eigenvalue weighted by Gasteiger charge is -2.26. The number of carbonyl (C=O) groups is 2. The van der Waals surface area contributed by atoms with E-state index in [0.29, 0.717) is 17.5 Å². The predicted molar refractivity (Wildman–Crippen MR) is 114 cm³/mol. The average Bonchev–Trinajstić information content (AvgIpc) is 2.97. The van der Waals surface area contributed by atoms with Crippen molar-refractivity contribution >= 4 is 17.5 Å². The fourth-order valence-electron chi connectivity index (χ4n) is 3.98. The molecule has 2 amide bonds. The molecule has 0 saturated carbocycles. The quantitative estimate of drug-likeness (QED) is 0.581. The van der Waals surface area contributed by atoms with Crippen LogP contribution in [0.15, 0.2) is 48.5 Å². The molecule has 0 N–H and O–H groups in total. The Bertz CT molecular complexity index is 788. The topological polar surface area (TPSA) is 40.6 Å². The van der Waals surface area contributed by atoms with Crippen molar-refractivity contribution < 1.29 is 9.59 Å². The van der Waals surface area contributed by atoms with Gasteiger partial charge in [-0.2, -0.15) is 0 Å². The molecule has 4 heteroatoms. The average molecular weight is 379 g/mol. The molecule has 4 nitrogen and oxygen atoms in total. The SMILES string of the molecule is CCCN(CCC)c1ccc(C[C@@H](CC)N2C(=O)c3ccccc3C2=O)cc1. The van der Waals surface area contributed by atoms with Crippen molar-refractivity contribution in [1.29, 1.82) is 0 Å². The lowest BCUT2D eigenvalue weighted by Crippen LogP contribution is -2.40. The fraction of sp³-hybridized carbons (Fsp3) is 0.417. The zero-order valence-corrected chi connectivity index (χ0v) is 17.1. The molecule has 3 rings (SSSR count). The highest BCUT2D eigenvalue weighted by molar-refractivity contribution is 6.21. The summed E-state index contributed by atoms with van der Waals surface area (Å²) < 4.78 is 0. The summed E-state index contributed by atoms with van der Waals surface area (Å²) in [5.41, 5.74) is 3.44. The van der Waals surface area contributed by atoms with Crippen molar-refractivity contribution in [3.8, 4) is 0 Å². The molecule has 148 valence electrons. The highest BCUT2D eigenvalue weighted by Crippen LogP contribution is 2.27. The van der Waals surface area contributed by atoms with Crippen LogP contribution in [-0.2, 0) is 6.42 Å². The maximum absolute atomic E-state index is 12.8. The van der Waals surface area contributed by atoms with Crippen LogP contribution >= 0.6 is 0 Å². The molecule has 0 spiro atoms. The third-order valence-corrected chi connectivity index (χ3v) is 5.42. The second-order valence-electron chi connectivity index (χ2n) is 7.45. The Balaban J connectivity index is 1.75. The maximum atomic E-state index is 12.8. The van der Waals surface area contributed by atoms with E-state index < -0.39 is 0 Å². The van der Waals surface area contributed by atoms with Crippen LogP contribution in [0.1, 0.15) is 66.3 Å². The maximum Gasteiger partial charge on any atom is 0.261 e. The van der Waals surface area contributed by atoms with Gasteiger partial charge in [0, 0.05) is 24.8 Å². The van der Waals surface area contributed by atoms with Crippen LogP contribution in [0.3, 0.4) is 0 Å². The Kier molecular flexibility index (Phi) is 6.50. The molecule has 0 saturated heterocycles. The predicted octanol–water partition coefficient (Wildman–Crippen LogP) is 4.93. The van der Waals surface area contributed by atoms with Crippen molar-refractivity contribution in [3.05, 3.63) is 65.2 Å². The number of imide groups is 1. The minimum atomic E-state index is -0.166. The number of carbonyl (C=O) groups excluding carboxylic acids is 2. The van der Waals surface area contributed by atoms with Crippen LogP contribution in [0.2, 0.25) is 0 Å². The molecule has 1 atom stereocenters. The molecular weight excluding hydrogens is 348 g/mol. The van der Waals surface area contributed by atoms with E-state index in [9.17, 15) is 9.59 Å². The van der Waals surface area contributed by atoms with Gasteiger partial charge in [-0.15, -0.1) is 0 Å². The molecule has 2 aromatic carbocycles. The normalized spacial score (nSPS) is 14.3. The van der Waals surface area contributed by atoms with E-state index in [1.54, 1.807) is 12.1 Å². The van der Waals surface area contributed by atoms with Crippen LogP contribution in [-0.4, -0.2) is 35.8 Å². The molecule has 0 fully saturated rings. The summed E-state index contributed by atoms with van der Waals surface area (Å²) in [5.74, 6) is -0.331. The third-order valence-electron chi connectivity index (χ3n) is 5.42. The van der Waals surface area contributed by atoms with Gasteiger partial charge in [0.2, 0.25) is 0 Å². The van der Waals surface area contributed by atoms with E-state index in [0.717, 1.165) is 37.9 Å². The summed E-state index contributed by atoms with van der Waals surface area (Å²) in [6, 6.07) is 15.6. The minimum Gasteiger partial charge on any atom is -0.372 e. The van der Waals surface area contributed by atoms with Crippen molar-refractivity contribution in [3.63, 3.8) is 0 Å². The highest BCUT2D eigenvalue weighted by atomic mass is 16.2. The number of hydrogen-bond donors (Lipinski definition) is 0. The van der Waals surface area contributed by atoms with E-state index in [1.165, 1.54) is 10.6 Å². The summed E-state index contributed by atoms with van der Waals surface area (Å²) in [6.45, 7) is 8.54. The number of anilines is 1. The second-order valence-corrected chi connectivity index (χ2v) is 7.45. The third kappa shape index (κ3) is 3.96. The second kappa shape index (κ2) is 9.05. The summed E-state index contributed by atoms with van der Waals surface area (Å²) >= 11 is 0. The van der Waals surface area contributed by atoms with Gasteiger partial charge in [-0.1, -0.05) is 45.0 Å². The molecule has 0 aromatic heterocycles. The Morgan fingerprint density at radius 3 is 1.82 bits per heavy atom. The molecular formula is C24H30N2O2. The largest absolute Gasteiger partial charge is 0.372 e. The number of fused-ring (bicyclic) bond motifs is 1. The Morgan fingerprint density at radius 1 is 0.821 bits per heavy atom. The molecule has 1 aliphatic rings. The summed E-state index contributed by atoms with van der Waals surface area (Å²) in [5, 5.41) is 0. The molecule has 2 aromatic rings. The zero-order valence-electron chi connectivity index (χ0n) is 17.1. The lowest BCUT2D eigenvalue weighted by atomic mass is 10.0. The number of hydrogen-bond acceptors (Lipinski definition) is 3. The Hall–Kier alpha value is -2.62. The van der Waals surface area contributed by atoms with Gasteiger partial charge in [-0.05, 0) is 55.5 Å². The molecule has 0 aliphatic carbocycles. The lowest BCUT2D eigenvalue weighted by molar-refractivity contribution is 0.0579. The summed E-state index contributed by atoms with van der Waals surface area (Å²) in [7, 11) is 0. The Morgan fingerprint density at radius 2 is 1.36 bits per heavy atom. The molecule has 0 bridgehead atoms. The van der Waals surface area contributed by atoms with Gasteiger partial charge in [-0.25, -0.2) is 0 Å². The van der Waals surface area contributed by atoms with Crippen LogP contribution in [0.25, 0.3) is 0 Å². The standard InChI is InChI=1S/C24H30N2O2/c1-4-15-25(16-5-2)20-13-11-18(12-14-20)17-19(6-3)26-23(27)21-9-7-8-10-22(21)24(26)28/h7-14,19H,4-6,15-17H2,1-3H3/t19-/m1/s1. The van der Waals surface area contributed by atoms with E-state index in [4.69, 9.17) is 0 Å². The van der Waals surface area contributed by atoms with Gasteiger partial charge in [0.05, 0.1) is 11.1 Å². The van der Waals surface area contributed by atoms with E-state index in [-0.39, 0.29) is 17.9 Å². The van der Waals surface area contributed by atoms with Crippen LogP contribution in [0.4, 0.5) is 5.69 Å². The fourth-order valence-corrected chi connectivity index (χ4v) is 3.98. The zero-order chi connectivity index (χ0) is 20.1. The number of nitrogens with zero attached hydrogens (tertiary/aromatic N) is 2. The highest BCUT2D eigenvalue weighted by Gasteiger charge is 2.38. The monoisotopic (exact) mass is 378 g/mol. The summed E-state index contributed by atoms with van der Waals surface area (Å²) in [6.07, 6.45) is 3.67. The van der Waals surface area contributed by atoms with Crippen LogP contribution in [0.5, 0.6) is 0 Å². The first kappa shape index (κ1) is 20.1. The van der Waals surface area contributed by atoms with Crippen LogP contribution < -0.4 is 4.90 Å². The van der Waals surface area contributed by atoms with Crippen molar-refractivity contribution in [2.24, 2.45) is 0 Å². The first-order valence-electron chi connectivity index (χ1n) is 10.4. The molecule has 0 unspecified atom stereocenters. The molecule has 1 heterocycles. The smallest absolute Gasteiger partial charge is 0.261 e. The number of rotatable bonds is 9. The first-order valence-corrected chi connectivity index (χ1v) is 10.4. The van der Waals surface area contributed by atoms with E-state index in [1.807, 2.05) is 19.1 Å². The van der Waals surface area contributed by atoms with Crippen molar-refractivity contribution in [1.82, 2.24) is 4.90 Å².